The molecule has 1 aliphatic heterocycles. The summed E-state index contributed by atoms with van der Waals surface area (Å²) in [6, 6.07) is 0. The summed E-state index contributed by atoms with van der Waals surface area (Å²) in [4.78, 5) is 2.50. The molecule has 0 radical (unpaired) electrons. The quantitative estimate of drug-likeness (QED) is 0.502. The van der Waals surface area contributed by atoms with E-state index in [9.17, 15) is 0 Å². The molecule has 0 N–H and O–H groups in total. The van der Waals surface area contributed by atoms with Crippen LogP contribution < -0.4 is 0 Å². The van der Waals surface area contributed by atoms with Crippen LogP contribution in [0.15, 0.2) is 12.2 Å². The second-order valence-electron chi connectivity index (χ2n) is 3.02. The van der Waals surface area contributed by atoms with Crippen molar-refractivity contribution in [3.63, 3.8) is 0 Å². The highest BCUT2D eigenvalue weighted by Crippen LogP contribution is 2.07. The maximum absolute atomic E-state index is 4.11. The summed E-state index contributed by atoms with van der Waals surface area (Å²) >= 11 is 4.11. The minimum atomic E-state index is 0.869. The summed E-state index contributed by atoms with van der Waals surface area (Å²) < 4.78 is 0. The topological polar surface area (TPSA) is 3.24 Å². The van der Waals surface area contributed by atoms with Crippen LogP contribution in [0.1, 0.15) is 19.3 Å². The SMILES string of the molecule is SCC=CCN1CCCCC1. The van der Waals surface area contributed by atoms with Gasteiger partial charge in [0, 0.05) is 12.3 Å². The monoisotopic (exact) mass is 171 g/mol. The Morgan fingerprint density at radius 2 is 1.82 bits per heavy atom. The van der Waals surface area contributed by atoms with E-state index in [-0.39, 0.29) is 0 Å². The molecular formula is C9H17NS. The van der Waals surface area contributed by atoms with E-state index in [4.69, 9.17) is 0 Å². The molecule has 0 aromatic carbocycles. The molecule has 0 atom stereocenters. The van der Waals surface area contributed by atoms with Crippen molar-refractivity contribution in [1.82, 2.24) is 4.90 Å². The van der Waals surface area contributed by atoms with Gasteiger partial charge in [0.05, 0.1) is 0 Å². The highest BCUT2D eigenvalue weighted by molar-refractivity contribution is 7.80. The molecule has 0 bridgehead atoms. The van der Waals surface area contributed by atoms with Gasteiger partial charge in [-0.3, -0.25) is 4.90 Å². The van der Waals surface area contributed by atoms with Crippen molar-refractivity contribution in [2.24, 2.45) is 0 Å². The van der Waals surface area contributed by atoms with Gasteiger partial charge in [-0.05, 0) is 25.9 Å². The molecule has 0 amide bonds. The normalized spacial score (nSPS) is 21.2. The summed E-state index contributed by atoms with van der Waals surface area (Å²) in [5, 5.41) is 0. The first-order chi connectivity index (χ1) is 5.43. The Labute approximate surface area is 74.9 Å². The molecule has 0 unspecified atom stereocenters. The van der Waals surface area contributed by atoms with Gasteiger partial charge in [0.2, 0.25) is 0 Å². The van der Waals surface area contributed by atoms with Crippen molar-refractivity contribution in [3.05, 3.63) is 12.2 Å². The van der Waals surface area contributed by atoms with E-state index in [1.165, 1.54) is 32.4 Å². The number of piperidine rings is 1. The summed E-state index contributed by atoms with van der Waals surface area (Å²) in [7, 11) is 0. The zero-order valence-electron chi connectivity index (χ0n) is 7.00. The molecule has 0 spiro atoms. The van der Waals surface area contributed by atoms with Gasteiger partial charge in [-0.15, -0.1) is 0 Å². The fraction of sp³-hybridized carbons (Fsp3) is 0.778. The van der Waals surface area contributed by atoms with Gasteiger partial charge >= 0.3 is 0 Å². The average Bonchev–Trinajstić information content (AvgIpc) is 2.07. The number of thiol groups is 1. The largest absolute Gasteiger partial charge is 0.300 e. The first-order valence-corrected chi connectivity index (χ1v) is 5.05. The molecule has 1 aliphatic rings. The van der Waals surface area contributed by atoms with Crippen LogP contribution >= 0.6 is 12.6 Å². The molecule has 1 nitrogen and oxygen atoms in total. The Kier molecular flexibility index (Phi) is 4.71. The second kappa shape index (κ2) is 5.67. The van der Waals surface area contributed by atoms with Crippen molar-refractivity contribution in [2.75, 3.05) is 25.4 Å². The van der Waals surface area contributed by atoms with Crippen molar-refractivity contribution in [3.8, 4) is 0 Å². The number of likely N-dealkylation sites (tertiary alicyclic amines) is 1. The zero-order valence-corrected chi connectivity index (χ0v) is 7.89. The lowest BCUT2D eigenvalue weighted by Gasteiger charge is -2.24. The van der Waals surface area contributed by atoms with Crippen molar-refractivity contribution < 1.29 is 0 Å². The van der Waals surface area contributed by atoms with Gasteiger partial charge in [-0.2, -0.15) is 12.6 Å². The molecule has 64 valence electrons. The van der Waals surface area contributed by atoms with Crippen LogP contribution in [0.25, 0.3) is 0 Å². The Morgan fingerprint density at radius 1 is 1.09 bits per heavy atom. The van der Waals surface area contributed by atoms with Crippen molar-refractivity contribution in [2.45, 2.75) is 19.3 Å². The lowest BCUT2D eigenvalue weighted by Crippen LogP contribution is -2.29. The Bertz CT molecular complexity index is 117. The third kappa shape index (κ3) is 3.82. The molecule has 0 aliphatic carbocycles. The highest BCUT2D eigenvalue weighted by atomic mass is 32.1. The molecule has 1 heterocycles. The lowest BCUT2D eigenvalue weighted by atomic mass is 10.1. The standard InChI is InChI=1S/C9H17NS/c11-9-5-4-8-10-6-2-1-3-7-10/h4-5,11H,1-3,6-9H2. The first kappa shape index (κ1) is 9.14. The fourth-order valence-corrected chi connectivity index (χ4v) is 1.59. The average molecular weight is 171 g/mol. The summed E-state index contributed by atoms with van der Waals surface area (Å²) in [5.74, 6) is 0.869. The van der Waals surface area contributed by atoms with E-state index < -0.39 is 0 Å². The predicted octanol–water partition coefficient (Wildman–Crippen LogP) is 1.96. The second-order valence-corrected chi connectivity index (χ2v) is 3.38. The maximum atomic E-state index is 4.11. The lowest BCUT2D eigenvalue weighted by molar-refractivity contribution is 0.251. The Balaban J connectivity index is 2.09. The molecule has 11 heavy (non-hydrogen) atoms. The highest BCUT2D eigenvalue weighted by Gasteiger charge is 2.06. The van der Waals surface area contributed by atoms with E-state index >= 15 is 0 Å². The number of hydrogen-bond acceptors (Lipinski definition) is 2. The summed E-state index contributed by atoms with van der Waals surface area (Å²) in [6.45, 7) is 3.70. The van der Waals surface area contributed by atoms with Crippen molar-refractivity contribution in [1.29, 1.82) is 0 Å². The van der Waals surface area contributed by atoms with Gasteiger partial charge < -0.3 is 0 Å². The first-order valence-electron chi connectivity index (χ1n) is 4.41. The minimum absolute atomic E-state index is 0.869. The predicted molar refractivity (Wildman–Crippen MR) is 53.3 cm³/mol. The van der Waals surface area contributed by atoms with Crippen LogP contribution in [0, 0.1) is 0 Å². The van der Waals surface area contributed by atoms with Crippen LogP contribution in [-0.4, -0.2) is 30.3 Å². The van der Waals surface area contributed by atoms with E-state index in [1.54, 1.807) is 0 Å². The molecule has 1 rings (SSSR count). The van der Waals surface area contributed by atoms with Crippen LogP contribution in [-0.2, 0) is 0 Å². The third-order valence-electron chi connectivity index (χ3n) is 2.08. The number of rotatable bonds is 3. The van der Waals surface area contributed by atoms with Gasteiger partial charge in [0.15, 0.2) is 0 Å². The Morgan fingerprint density at radius 3 is 2.45 bits per heavy atom. The number of hydrogen-bond donors (Lipinski definition) is 1. The summed E-state index contributed by atoms with van der Waals surface area (Å²) in [5.41, 5.74) is 0. The van der Waals surface area contributed by atoms with E-state index in [0.717, 1.165) is 12.3 Å². The minimum Gasteiger partial charge on any atom is -0.300 e. The molecule has 1 fully saturated rings. The van der Waals surface area contributed by atoms with Gasteiger partial charge in [0.25, 0.3) is 0 Å². The van der Waals surface area contributed by atoms with Crippen LogP contribution in [0.3, 0.4) is 0 Å². The smallest absolute Gasteiger partial charge is 0.0163 e. The van der Waals surface area contributed by atoms with Crippen LogP contribution in [0.2, 0.25) is 0 Å². The molecule has 0 aromatic heterocycles. The van der Waals surface area contributed by atoms with Gasteiger partial charge in [0.1, 0.15) is 0 Å². The van der Waals surface area contributed by atoms with E-state index in [1.807, 2.05) is 0 Å². The Hall–Kier alpha value is 0.0500. The van der Waals surface area contributed by atoms with Gasteiger partial charge in [-0.25, -0.2) is 0 Å². The summed E-state index contributed by atoms with van der Waals surface area (Å²) in [6.07, 6.45) is 8.53. The molecule has 0 aromatic rings. The fourth-order valence-electron chi connectivity index (χ4n) is 1.44. The third-order valence-corrected chi connectivity index (χ3v) is 2.30. The van der Waals surface area contributed by atoms with Crippen molar-refractivity contribution >= 4 is 12.6 Å². The van der Waals surface area contributed by atoms with E-state index in [2.05, 4.69) is 29.7 Å². The van der Waals surface area contributed by atoms with Crippen LogP contribution in [0.5, 0.6) is 0 Å². The molecule has 2 heteroatoms. The molecule has 1 saturated heterocycles. The van der Waals surface area contributed by atoms with Crippen LogP contribution in [0.4, 0.5) is 0 Å². The maximum Gasteiger partial charge on any atom is 0.0163 e. The van der Waals surface area contributed by atoms with E-state index in [0.29, 0.717) is 0 Å². The molecule has 0 saturated carbocycles. The zero-order chi connectivity index (χ0) is 7.94. The van der Waals surface area contributed by atoms with Gasteiger partial charge in [-0.1, -0.05) is 18.6 Å². The molecular weight excluding hydrogens is 154 g/mol. The number of nitrogens with zero attached hydrogens (tertiary/aromatic N) is 1.